The van der Waals surface area contributed by atoms with Gasteiger partial charge in [0.05, 0.1) is 13.2 Å². The number of fused-ring (bicyclic) bond motifs is 1. The van der Waals surface area contributed by atoms with Crippen LogP contribution in [-0.4, -0.2) is 17.9 Å². The SMILES string of the molecule is CN(Cc1ccccc1Br)C(=O)c1ccc2c(c1)COC2. The Hall–Kier alpha value is -1.65. The lowest BCUT2D eigenvalue weighted by atomic mass is 10.1. The number of nitrogens with zero attached hydrogens (tertiary/aromatic N) is 1. The van der Waals surface area contributed by atoms with Gasteiger partial charge < -0.3 is 9.64 Å². The van der Waals surface area contributed by atoms with Gasteiger partial charge in [0.2, 0.25) is 0 Å². The maximum atomic E-state index is 12.5. The van der Waals surface area contributed by atoms with Crippen molar-refractivity contribution in [1.82, 2.24) is 4.90 Å². The maximum absolute atomic E-state index is 12.5. The summed E-state index contributed by atoms with van der Waals surface area (Å²) in [5.41, 5.74) is 4.11. The van der Waals surface area contributed by atoms with Crippen molar-refractivity contribution in [3.8, 4) is 0 Å². The molecule has 0 atom stereocenters. The van der Waals surface area contributed by atoms with Crippen molar-refractivity contribution in [1.29, 1.82) is 0 Å². The molecule has 0 N–H and O–H groups in total. The second-order valence-electron chi connectivity index (χ2n) is 5.23. The molecule has 0 unspecified atom stereocenters. The predicted octanol–water partition coefficient (Wildman–Crippen LogP) is 3.75. The van der Waals surface area contributed by atoms with E-state index in [9.17, 15) is 4.79 Å². The Morgan fingerprint density at radius 2 is 1.95 bits per heavy atom. The van der Waals surface area contributed by atoms with Crippen LogP contribution in [0.4, 0.5) is 0 Å². The minimum absolute atomic E-state index is 0.0282. The maximum Gasteiger partial charge on any atom is 0.253 e. The highest BCUT2D eigenvalue weighted by atomic mass is 79.9. The average Bonchev–Trinajstić information content (AvgIpc) is 2.96. The van der Waals surface area contributed by atoms with Crippen LogP contribution >= 0.6 is 15.9 Å². The third-order valence-electron chi connectivity index (χ3n) is 3.68. The first-order valence-electron chi connectivity index (χ1n) is 6.83. The van der Waals surface area contributed by atoms with Gasteiger partial charge in [0.25, 0.3) is 5.91 Å². The fraction of sp³-hybridized carbons (Fsp3) is 0.235. The molecule has 4 heteroatoms. The van der Waals surface area contributed by atoms with Gasteiger partial charge in [-0.1, -0.05) is 40.2 Å². The van der Waals surface area contributed by atoms with E-state index >= 15 is 0 Å². The molecule has 3 rings (SSSR count). The van der Waals surface area contributed by atoms with E-state index in [1.54, 1.807) is 4.90 Å². The molecule has 0 spiro atoms. The number of amides is 1. The van der Waals surface area contributed by atoms with Gasteiger partial charge in [0, 0.05) is 23.6 Å². The van der Waals surface area contributed by atoms with E-state index in [0.29, 0.717) is 25.3 Å². The largest absolute Gasteiger partial charge is 0.372 e. The summed E-state index contributed by atoms with van der Waals surface area (Å²) >= 11 is 3.52. The number of hydrogen-bond acceptors (Lipinski definition) is 2. The molecular formula is C17H16BrNO2. The van der Waals surface area contributed by atoms with Gasteiger partial charge in [-0.2, -0.15) is 0 Å². The van der Waals surface area contributed by atoms with E-state index in [-0.39, 0.29) is 5.91 Å². The fourth-order valence-electron chi connectivity index (χ4n) is 2.48. The van der Waals surface area contributed by atoms with Crippen LogP contribution in [0.15, 0.2) is 46.9 Å². The second-order valence-corrected chi connectivity index (χ2v) is 6.08. The highest BCUT2D eigenvalue weighted by molar-refractivity contribution is 9.10. The van der Waals surface area contributed by atoms with Crippen molar-refractivity contribution in [3.05, 3.63) is 69.2 Å². The average molecular weight is 346 g/mol. The van der Waals surface area contributed by atoms with Crippen molar-refractivity contribution in [2.24, 2.45) is 0 Å². The number of benzene rings is 2. The van der Waals surface area contributed by atoms with E-state index in [1.807, 2.05) is 49.5 Å². The highest BCUT2D eigenvalue weighted by Gasteiger charge is 2.17. The Morgan fingerprint density at radius 3 is 2.76 bits per heavy atom. The van der Waals surface area contributed by atoms with Crippen LogP contribution in [0.3, 0.4) is 0 Å². The third-order valence-corrected chi connectivity index (χ3v) is 4.45. The monoisotopic (exact) mass is 345 g/mol. The molecular weight excluding hydrogens is 330 g/mol. The van der Waals surface area contributed by atoms with Crippen molar-refractivity contribution in [2.45, 2.75) is 19.8 Å². The zero-order valence-electron chi connectivity index (χ0n) is 11.8. The molecule has 3 nitrogen and oxygen atoms in total. The summed E-state index contributed by atoms with van der Waals surface area (Å²) in [6.07, 6.45) is 0. The lowest BCUT2D eigenvalue weighted by Crippen LogP contribution is -2.26. The molecule has 0 bridgehead atoms. The van der Waals surface area contributed by atoms with E-state index in [4.69, 9.17) is 4.74 Å². The van der Waals surface area contributed by atoms with E-state index < -0.39 is 0 Å². The van der Waals surface area contributed by atoms with E-state index in [1.165, 1.54) is 5.56 Å². The molecule has 0 aliphatic carbocycles. The number of hydrogen-bond donors (Lipinski definition) is 0. The summed E-state index contributed by atoms with van der Waals surface area (Å²) in [5.74, 6) is 0.0282. The molecule has 0 fully saturated rings. The zero-order valence-corrected chi connectivity index (χ0v) is 13.4. The van der Waals surface area contributed by atoms with Gasteiger partial charge >= 0.3 is 0 Å². The quantitative estimate of drug-likeness (QED) is 0.847. The third kappa shape index (κ3) is 3.01. The van der Waals surface area contributed by atoms with E-state index in [2.05, 4.69) is 15.9 Å². The van der Waals surface area contributed by atoms with Gasteiger partial charge in [0.1, 0.15) is 0 Å². The van der Waals surface area contributed by atoms with Gasteiger partial charge in [-0.05, 0) is 34.9 Å². The van der Waals surface area contributed by atoms with Gasteiger partial charge in [-0.15, -0.1) is 0 Å². The van der Waals surface area contributed by atoms with Crippen molar-refractivity contribution < 1.29 is 9.53 Å². The zero-order chi connectivity index (χ0) is 14.8. The lowest BCUT2D eigenvalue weighted by Gasteiger charge is -2.18. The smallest absolute Gasteiger partial charge is 0.253 e. The number of rotatable bonds is 3. The first-order chi connectivity index (χ1) is 10.1. The summed E-state index contributed by atoms with van der Waals surface area (Å²) in [7, 11) is 1.82. The Labute approximate surface area is 132 Å². The van der Waals surface area contributed by atoms with Gasteiger partial charge in [-0.3, -0.25) is 4.79 Å². The lowest BCUT2D eigenvalue weighted by molar-refractivity contribution is 0.0784. The molecule has 0 saturated heterocycles. The van der Waals surface area contributed by atoms with Crippen molar-refractivity contribution in [2.75, 3.05) is 7.05 Å². The molecule has 1 aliphatic rings. The van der Waals surface area contributed by atoms with Crippen LogP contribution < -0.4 is 0 Å². The molecule has 108 valence electrons. The van der Waals surface area contributed by atoms with Crippen LogP contribution in [0, 0.1) is 0 Å². The molecule has 1 heterocycles. The Kier molecular flexibility index (Phi) is 4.08. The van der Waals surface area contributed by atoms with Crippen LogP contribution in [0.25, 0.3) is 0 Å². The van der Waals surface area contributed by atoms with Crippen LogP contribution in [-0.2, 0) is 24.5 Å². The highest BCUT2D eigenvalue weighted by Crippen LogP contribution is 2.22. The predicted molar refractivity (Wildman–Crippen MR) is 84.9 cm³/mol. The minimum Gasteiger partial charge on any atom is -0.372 e. The second kappa shape index (κ2) is 6.00. The number of ether oxygens (including phenoxy) is 1. The molecule has 1 aliphatic heterocycles. The fourth-order valence-corrected chi connectivity index (χ4v) is 2.89. The van der Waals surface area contributed by atoms with E-state index in [0.717, 1.165) is 15.6 Å². The Morgan fingerprint density at radius 1 is 1.19 bits per heavy atom. The van der Waals surface area contributed by atoms with Gasteiger partial charge in [0.15, 0.2) is 0 Å². The Balaban J connectivity index is 1.77. The number of carbonyl (C=O) groups is 1. The molecule has 2 aromatic rings. The molecule has 0 radical (unpaired) electrons. The molecule has 0 saturated carbocycles. The number of halogens is 1. The summed E-state index contributed by atoms with van der Waals surface area (Å²) in [6.45, 7) is 1.83. The standard InChI is InChI=1S/C17H16BrNO2/c1-19(9-13-4-2-3-5-16(13)18)17(20)12-6-7-14-10-21-11-15(14)8-12/h2-8H,9-11H2,1H3. The normalized spacial score (nSPS) is 13.0. The summed E-state index contributed by atoms with van der Waals surface area (Å²) < 4.78 is 6.41. The number of carbonyl (C=O) groups excluding carboxylic acids is 1. The van der Waals surface area contributed by atoms with Crippen molar-refractivity contribution >= 4 is 21.8 Å². The van der Waals surface area contributed by atoms with Gasteiger partial charge in [-0.25, -0.2) is 0 Å². The van der Waals surface area contributed by atoms with Crippen LogP contribution in [0.5, 0.6) is 0 Å². The molecule has 2 aromatic carbocycles. The molecule has 0 aromatic heterocycles. The summed E-state index contributed by atoms with van der Waals surface area (Å²) in [4.78, 5) is 14.3. The molecule has 21 heavy (non-hydrogen) atoms. The minimum atomic E-state index is 0.0282. The summed E-state index contributed by atoms with van der Waals surface area (Å²) in [5, 5.41) is 0. The first-order valence-corrected chi connectivity index (χ1v) is 7.63. The summed E-state index contributed by atoms with van der Waals surface area (Å²) in [6, 6.07) is 13.8. The Bertz CT molecular complexity index is 684. The molecule has 1 amide bonds. The van der Waals surface area contributed by atoms with Crippen LogP contribution in [0.1, 0.15) is 27.0 Å². The van der Waals surface area contributed by atoms with Crippen LogP contribution in [0.2, 0.25) is 0 Å². The van der Waals surface area contributed by atoms with Crippen molar-refractivity contribution in [3.63, 3.8) is 0 Å². The first kappa shape index (κ1) is 14.3. The topological polar surface area (TPSA) is 29.5 Å².